The van der Waals surface area contributed by atoms with Gasteiger partial charge in [-0.15, -0.1) is 0 Å². The molecular formula is C19H23N3O3. The van der Waals surface area contributed by atoms with Crippen LogP contribution in [0.1, 0.15) is 22.8 Å². The van der Waals surface area contributed by atoms with Gasteiger partial charge in [-0.25, -0.2) is 4.79 Å². The maximum absolute atomic E-state index is 12.1. The lowest BCUT2D eigenvalue weighted by molar-refractivity contribution is -0.117. The second-order valence-electron chi connectivity index (χ2n) is 5.69. The smallest absolute Gasteiger partial charge is 0.338 e. The first-order chi connectivity index (χ1) is 12.1. The molecule has 0 radical (unpaired) electrons. The molecule has 0 spiro atoms. The summed E-state index contributed by atoms with van der Waals surface area (Å²) in [7, 11) is 1.91. The first-order valence-electron chi connectivity index (χ1n) is 8.23. The minimum Gasteiger partial charge on any atom is -0.462 e. The summed E-state index contributed by atoms with van der Waals surface area (Å²) in [5.74, 6) is -0.461. The fraction of sp³-hybridized carbons (Fsp3) is 0.316. The Hall–Kier alpha value is -2.73. The number of esters is 1. The Morgan fingerprint density at radius 3 is 2.44 bits per heavy atom. The van der Waals surface area contributed by atoms with Crippen molar-refractivity contribution in [3.05, 3.63) is 59.9 Å². The lowest BCUT2D eigenvalue weighted by Crippen LogP contribution is -2.31. The number of carbonyl (C=O) groups is 2. The van der Waals surface area contributed by atoms with Gasteiger partial charge in [-0.05, 0) is 62.4 Å². The average molecular weight is 341 g/mol. The molecule has 1 heterocycles. The molecule has 0 aliphatic carbocycles. The maximum atomic E-state index is 12.1. The number of rotatable bonds is 8. The summed E-state index contributed by atoms with van der Waals surface area (Å²) >= 11 is 0. The van der Waals surface area contributed by atoms with Crippen molar-refractivity contribution in [1.82, 2.24) is 9.88 Å². The third kappa shape index (κ3) is 6.35. The molecule has 0 fully saturated rings. The number of ether oxygens (including phenoxy) is 1. The highest BCUT2D eigenvalue weighted by molar-refractivity contribution is 5.93. The van der Waals surface area contributed by atoms with Crippen molar-refractivity contribution in [2.24, 2.45) is 0 Å². The van der Waals surface area contributed by atoms with E-state index in [0.29, 0.717) is 24.4 Å². The Labute approximate surface area is 147 Å². The highest BCUT2D eigenvalue weighted by atomic mass is 16.5. The van der Waals surface area contributed by atoms with Crippen LogP contribution in [0.4, 0.5) is 5.69 Å². The van der Waals surface area contributed by atoms with Gasteiger partial charge in [0.15, 0.2) is 0 Å². The van der Waals surface area contributed by atoms with E-state index in [9.17, 15) is 9.59 Å². The van der Waals surface area contributed by atoms with Crippen molar-refractivity contribution in [1.29, 1.82) is 0 Å². The van der Waals surface area contributed by atoms with E-state index >= 15 is 0 Å². The molecule has 6 heteroatoms. The fourth-order valence-corrected chi connectivity index (χ4v) is 2.30. The van der Waals surface area contributed by atoms with Gasteiger partial charge < -0.3 is 10.1 Å². The van der Waals surface area contributed by atoms with Crippen molar-refractivity contribution >= 4 is 17.6 Å². The molecule has 2 aromatic rings. The first-order valence-corrected chi connectivity index (χ1v) is 8.23. The predicted octanol–water partition coefficient (Wildman–Crippen LogP) is 2.37. The third-order valence-corrected chi connectivity index (χ3v) is 3.62. The Balaban J connectivity index is 1.78. The zero-order chi connectivity index (χ0) is 18.1. The van der Waals surface area contributed by atoms with E-state index in [4.69, 9.17) is 4.74 Å². The summed E-state index contributed by atoms with van der Waals surface area (Å²) in [4.78, 5) is 29.6. The summed E-state index contributed by atoms with van der Waals surface area (Å²) in [6, 6.07) is 10.6. The molecule has 0 bridgehead atoms. The van der Waals surface area contributed by atoms with Gasteiger partial charge in [-0.2, -0.15) is 0 Å². The molecule has 0 saturated heterocycles. The number of hydrogen-bond acceptors (Lipinski definition) is 5. The Morgan fingerprint density at radius 1 is 1.12 bits per heavy atom. The van der Waals surface area contributed by atoms with Crippen LogP contribution in [0.3, 0.4) is 0 Å². The van der Waals surface area contributed by atoms with Gasteiger partial charge in [0.2, 0.25) is 5.91 Å². The van der Waals surface area contributed by atoms with Crippen LogP contribution in [-0.4, -0.2) is 48.5 Å². The van der Waals surface area contributed by atoms with Crippen LogP contribution in [-0.2, 0) is 16.0 Å². The third-order valence-electron chi connectivity index (χ3n) is 3.62. The number of carbonyl (C=O) groups excluding carboxylic acids is 2. The Kier molecular flexibility index (Phi) is 7.10. The van der Waals surface area contributed by atoms with Crippen LogP contribution in [0.2, 0.25) is 0 Å². The number of likely N-dealkylation sites (N-methyl/N-ethyl adjacent to an activating group) is 1. The topological polar surface area (TPSA) is 71.5 Å². The monoisotopic (exact) mass is 341 g/mol. The maximum Gasteiger partial charge on any atom is 0.338 e. The van der Waals surface area contributed by atoms with Gasteiger partial charge >= 0.3 is 5.97 Å². The van der Waals surface area contributed by atoms with Crippen molar-refractivity contribution in [3.63, 3.8) is 0 Å². The van der Waals surface area contributed by atoms with E-state index in [1.165, 1.54) is 5.56 Å². The molecule has 1 N–H and O–H groups in total. The summed E-state index contributed by atoms with van der Waals surface area (Å²) in [5, 5.41) is 2.83. The molecule has 25 heavy (non-hydrogen) atoms. The normalized spacial score (nSPS) is 10.5. The molecule has 0 aliphatic rings. The lowest BCUT2D eigenvalue weighted by atomic mass is 10.2. The summed E-state index contributed by atoms with van der Waals surface area (Å²) in [6.07, 6.45) is 4.39. The summed E-state index contributed by atoms with van der Waals surface area (Å²) in [6.45, 7) is 3.17. The van der Waals surface area contributed by atoms with Crippen molar-refractivity contribution in [2.75, 3.05) is 32.1 Å². The highest BCUT2D eigenvalue weighted by Gasteiger charge is 2.09. The number of nitrogens with zero attached hydrogens (tertiary/aromatic N) is 2. The number of amides is 1. The standard InChI is InChI=1S/C19H23N3O3/c1-3-25-19(24)16-4-6-17(7-5-16)21-18(23)14-22(2)13-10-15-8-11-20-12-9-15/h4-9,11-12H,3,10,13-14H2,1-2H3,(H,21,23). The minimum absolute atomic E-state index is 0.0962. The molecule has 0 unspecified atom stereocenters. The molecule has 0 atom stereocenters. The number of aromatic nitrogens is 1. The van der Waals surface area contributed by atoms with Crippen molar-refractivity contribution < 1.29 is 14.3 Å². The van der Waals surface area contributed by atoms with Gasteiger partial charge in [0.05, 0.1) is 18.7 Å². The Morgan fingerprint density at radius 2 is 1.80 bits per heavy atom. The SMILES string of the molecule is CCOC(=O)c1ccc(NC(=O)CN(C)CCc2ccncc2)cc1. The second kappa shape index (κ2) is 9.54. The van der Waals surface area contributed by atoms with Crippen LogP contribution in [0.25, 0.3) is 0 Å². The van der Waals surface area contributed by atoms with E-state index in [-0.39, 0.29) is 11.9 Å². The fourth-order valence-electron chi connectivity index (χ4n) is 2.30. The van der Waals surface area contributed by atoms with Gasteiger partial charge in [0, 0.05) is 24.6 Å². The van der Waals surface area contributed by atoms with E-state index in [0.717, 1.165) is 13.0 Å². The molecule has 1 aromatic carbocycles. The van der Waals surface area contributed by atoms with Crippen LogP contribution >= 0.6 is 0 Å². The number of pyridine rings is 1. The molecule has 0 saturated carbocycles. The zero-order valence-corrected chi connectivity index (χ0v) is 14.6. The Bertz CT molecular complexity index is 687. The van der Waals surface area contributed by atoms with Crippen molar-refractivity contribution in [3.8, 4) is 0 Å². The van der Waals surface area contributed by atoms with Gasteiger partial charge in [-0.1, -0.05) is 0 Å². The molecule has 0 aliphatic heterocycles. The summed E-state index contributed by atoms with van der Waals surface area (Å²) < 4.78 is 4.93. The molecule has 6 nitrogen and oxygen atoms in total. The van der Waals surface area contributed by atoms with Gasteiger partial charge in [0.1, 0.15) is 0 Å². The first kappa shape index (κ1) is 18.6. The van der Waals surface area contributed by atoms with E-state index in [2.05, 4.69) is 10.3 Å². The van der Waals surface area contributed by atoms with Gasteiger partial charge in [-0.3, -0.25) is 14.7 Å². The van der Waals surface area contributed by atoms with E-state index in [1.54, 1.807) is 43.6 Å². The average Bonchev–Trinajstić information content (AvgIpc) is 2.61. The molecular weight excluding hydrogens is 318 g/mol. The van der Waals surface area contributed by atoms with E-state index in [1.807, 2.05) is 24.1 Å². The van der Waals surface area contributed by atoms with Crippen LogP contribution < -0.4 is 5.32 Å². The quantitative estimate of drug-likeness (QED) is 0.747. The lowest BCUT2D eigenvalue weighted by Gasteiger charge is -2.16. The minimum atomic E-state index is -0.365. The predicted molar refractivity (Wildman–Crippen MR) is 96.5 cm³/mol. The number of benzene rings is 1. The highest BCUT2D eigenvalue weighted by Crippen LogP contribution is 2.10. The number of anilines is 1. The van der Waals surface area contributed by atoms with Crippen LogP contribution in [0.15, 0.2) is 48.8 Å². The molecule has 1 amide bonds. The molecule has 132 valence electrons. The molecule has 2 rings (SSSR count). The largest absolute Gasteiger partial charge is 0.462 e. The van der Waals surface area contributed by atoms with Gasteiger partial charge in [0.25, 0.3) is 0 Å². The second-order valence-corrected chi connectivity index (χ2v) is 5.69. The zero-order valence-electron chi connectivity index (χ0n) is 14.6. The number of nitrogens with one attached hydrogen (secondary N) is 1. The van der Waals surface area contributed by atoms with Crippen LogP contribution in [0.5, 0.6) is 0 Å². The van der Waals surface area contributed by atoms with E-state index < -0.39 is 0 Å². The molecule has 1 aromatic heterocycles. The summed E-state index contributed by atoms with van der Waals surface area (Å²) in [5.41, 5.74) is 2.31. The number of hydrogen-bond donors (Lipinski definition) is 1. The van der Waals surface area contributed by atoms with Crippen molar-refractivity contribution in [2.45, 2.75) is 13.3 Å². The van der Waals surface area contributed by atoms with Crippen LogP contribution in [0, 0.1) is 0 Å².